The number of fused-ring (bicyclic) bond motifs is 1. The van der Waals surface area contributed by atoms with Crippen molar-refractivity contribution in [3.8, 4) is 22.9 Å². The lowest BCUT2D eigenvalue weighted by Crippen LogP contribution is -2.32. The fourth-order valence-corrected chi connectivity index (χ4v) is 4.81. The van der Waals surface area contributed by atoms with Crippen molar-refractivity contribution < 1.29 is 32.6 Å². The summed E-state index contributed by atoms with van der Waals surface area (Å²) in [6.45, 7) is 5.30. The van der Waals surface area contributed by atoms with Gasteiger partial charge in [-0.1, -0.05) is 0 Å². The lowest BCUT2D eigenvalue weighted by Gasteiger charge is -2.28. The van der Waals surface area contributed by atoms with Crippen molar-refractivity contribution in [3.05, 3.63) is 65.0 Å². The first-order valence-corrected chi connectivity index (χ1v) is 13.4. The maximum atomic E-state index is 14.8. The molecule has 2 amide bonds. The summed E-state index contributed by atoms with van der Waals surface area (Å²) in [4.78, 5) is 33.5. The summed E-state index contributed by atoms with van der Waals surface area (Å²) in [6.07, 6.45) is 2.34. The molecule has 0 saturated carbocycles. The average Bonchev–Trinajstić information content (AvgIpc) is 3.34. The van der Waals surface area contributed by atoms with E-state index in [1.165, 1.54) is 18.5 Å². The molecule has 1 aromatic carbocycles. The number of benzene rings is 1. The van der Waals surface area contributed by atoms with Gasteiger partial charge in [-0.15, -0.1) is 0 Å². The summed E-state index contributed by atoms with van der Waals surface area (Å²) in [5, 5.41) is 9.88. The monoisotopic (exact) mass is 580 g/mol. The Labute approximate surface area is 240 Å². The molecule has 13 heteroatoms. The lowest BCUT2D eigenvalue weighted by atomic mass is 10.1. The number of hydrogen-bond acceptors (Lipinski definition) is 8. The Bertz CT molecular complexity index is 1660. The molecule has 4 heterocycles. The van der Waals surface area contributed by atoms with Gasteiger partial charge in [0.25, 0.3) is 5.91 Å². The molecule has 0 radical (unpaired) electrons. The van der Waals surface area contributed by atoms with Crippen molar-refractivity contribution in [2.75, 3.05) is 19.0 Å². The van der Waals surface area contributed by atoms with E-state index in [4.69, 9.17) is 14.2 Å². The van der Waals surface area contributed by atoms with Crippen LogP contribution in [-0.4, -0.2) is 57.3 Å². The minimum Gasteiger partial charge on any atom is -0.487 e. The second kappa shape index (κ2) is 12.1. The molecule has 0 aliphatic carbocycles. The number of carbonyl (C=O) groups excluding carboxylic acids is 2. The number of pyridine rings is 1. The highest BCUT2D eigenvalue weighted by Gasteiger charge is 2.25. The minimum absolute atomic E-state index is 0.0469. The second-order valence-electron chi connectivity index (χ2n) is 10.0. The number of rotatable bonds is 8. The van der Waals surface area contributed by atoms with E-state index in [1.54, 1.807) is 31.3 Å². The number of amides is 2. The van der Waals surface area contributed by atoms with E-state index in [0.717, 1.165) is 12.1 Å². The molecule has 0 spiro atoms. The summed E-state index contributed by atoms with van der Waals surface area (Å²) in [7, 11) is 1.39. The molecule has 2 atom stereocenters. The highest BCUT2D eigenvalue weighted by Crippen LogP contribution is 2.30. The van der Waals surface area contributed by atoms with Crippen LogP contribution >= 0.6 is 0 Å². The van der Waals surface area contributed by atoms with E-state index in [-0.39, 0.29) is 47.4 Å². The van der Waals surface area contributed by atoms with Gasteiger partial charge in [0, 0.05) is 43.5 Å². The number of nitrogens with one attached hydrogen (secondary N) is 2. The zero-order valence-electron chi connectivity index (χ0n) is 23.5. The molecule has 0 bridgehead atoms. The lowest BCUT2D eigenvalue weighted by molar-refractivity contribution is -0.114. The van der Waals surface area contributed by atoms with Gasteiger partial charge in [-0.3, -0.25) is 9.59 Å². The number of halogens is 2. The Hall–Kier alpha value is -4.65. The SMILES string of the molecule is COc1nc(C)c(-c2ccc3nc(NC(C)=O)cn3n2)cc1C(=O)NCc1cc(F)cc(F)c1OC1CCOC(C)C1. The second-order valence-corrected chi connectivity index (χ2v) is 10.0. The van der Waals surface area contributed by atoms with Crippen LogP contribution in [0.5, 0.6) is 11.6 Å². The van der Waals surface area contributed by atoms with Gasteiger partial charge in [0.1, 0.15) is 17.5 Å². The summed E-state index contributed by atoms with van der Waals surface area (Å²) in [5.41, 5.74) is 2.35. The zero-order valence-corrected chi connectivity index (χ0v) is 23.5. The third kappa shape index (κ3) is 6.30. The van der Waals surface area contributed by atoms with Gasteiger partial charge in [0.15, 0.2) is 23.0 Å². The van der Waals surface area contributed by atoms with Crippen LogP contribution in [0.4, 0.5) is 14.6 Å². The van der Waals surface area contributed by atoms with Crippen LogP contribution < -0.4 is 20.1 Å². The van der Waals surface area contributed by atoms with Gasteiger partial charge in [-0.25, -0.2) is 23.3 Å². The Morgan fingerprint density at radius 1 is 1.19 bits per heavy atom. The number of ether oxygens (including phenoxy) is 3. The number of methoxy groups -OCH3 is 1. The Morgan fingerprint density at radius 3 is 2.74 bits per heavy atom. The largest absolute Gasteiger partial charge is 0.487 e. The third-order valence-electron chi connectivity index (χ3n) is 6.76. The molecular formula is C29H30F2N6O5. The molecule has 3 aromatic heterocycles. The third-order valence-corrected chi connectivity index (χ3v) is 6.76. The predicted octanol–water partition coefficient (Wildman–Crippen LogP) is 4.22. The highest BCUT2D eigenvalue weighted by atomic mass is 19.1. The smallest absolute Gasteiger partial charge is 0.257 e. The van der Waals surface area contributed by atoms with Crippen LogP contribution in [0, 0.1) is 18.6 Å². The van der Waals surface area contributed by atoms with E-state index >= 15 is 0 Å². The molecule has 4 aromatic rings. The van der Waals surface area contributed by atoms with E-state index in [9.17, 15) is 18.4 Å². The van der Waals surface area contributed by atoms with Crippen molar-refractivity contribution in [1.82, 2.24) is 24.9 Å². The summed E-state index contributed by atoms with van der Waals surface area (Å²) < 4.78 is 47.3. The van der Waals surface area contributed by atoms with E-state index in [1.807, 2.05) is 6.92 Å². The molecule has 5 rings (SSSR count). The maximum Gasteiger partial charge on any atom is 0.257 e. The molecule has 11 nitrogen and oxygen atoms in total. The Balaban J connectivity index is 1.40. The normalized spacial score (nSPS) is 16.7. The molecular weight excluding hydrogens is 550 g/mol. The number of hydrogen-bond donors (Lipinski definition) is 2. The fourth-order valence-electron chi connectivity index (χ4n) is 4.81. The van der Waals surface area contributed by atoms with Gasteiger partial charge in [-0.05, 0) is 38.1 Å². The zero-order chi connectivity index (χ0) is 30.0. The molecule has 1 aliphatic heterocycles. The van der Waals surface area contributed by atoms with Crippen LogP contribution in [0.3, 0.4) is 0 Å². The number of aryl methyl sites for hydroxylation is 1. The van der Waals surface area contributed by atoms with Gasteiger partial charge in [-0.2, -0.15) is 5.10 Å². The number of nitrogens with zero attached hydrogens (tertiary/aromatic N) is 4. The molecule has 220 valence electrons. The van der Waals surface area contributed by atoms with Crippen LogP contribution in [0.1, 0.15) is 48.3 Å². The number of carbonyl (C=O) groups is 2. The summed E-state index contributed by atoms with van der Waals surface area (Å²) in [5.74, 6) is -2.16. The molecule has 1 aliphatic rings. The fraction of sp³-hybridized carbons (Fsp3) is 0.345. The van der Waals surface area contributed by atoms with Crippen LogP contribution in [0.15, 0.2) is 36.5 Å². The standard InChI is InChI=1S/C29H30F2N6O5/c1-15-9-20(7-8-41-15)42-27-18(10-19(30)11-23(27)31)13-32-28(39)22-12-21(16(2)33-29(22)40-4)24-5-6-26-35-25(34-17(3)38)14-37(26)36-24/h5-6,10-12,14-15,20H,7-9,13H2,1-4H3,(H,32,39)(H,34,38). The number of anilines is 1. The van der Waals surface area contributed by atoms with E-state index < -0.39 is 17.5 Å². The molecule has 1 saturated heterocycles. The molecule has 1 fully saturated rings. The first kappa shape index (κ1) is 28.9. The molecule has 42 heavy (non-hydrogen) atoms. The first-order chi connectivity index (χ1) is 20.1. The maximum absolute atomic E-state index is 14.8. The van der Waals surface area contributed by atoms with Crippen molar-refractivity contribution in [2.45, 2.75) is 52.4 Å². The topological polar surface area (TPSA) is 129 Å². The van der Waals surface area contributed by atoms with E-state index in [0.29, 0.717) is 47.9 Å². The van der Waals surface area contributed by atoms with Gasteiger partial charge < -0.3 is 24.8 Å². The molecule has 2 N–H and O–H groups in total. The summed E-state index contributed by atoms with van der Waals surface area (Å²) in [6, 6.07) is 6.91. The highest BCUT2D eigenvalue weighted by molar-refractivity contribution is 5.97. The first-order valence-electron chi connectivity index (χ1n) is 13.4. The Kier molecular flexibility index (Phi) is 8.29. The van der Waals surface area contributed by atoms with Crippen LogP contribution in [0.2, 0.25) is 0 Å². The number of aromatic nitrogens is 4. The van der Waals surface area contributed by atoms with Crippen molar-refractivity contribution >= 4 is 23.3 Å². The van der Waals surface area contributed by atoms with Crippen molar-refractivity contribution in [1.29, 1.82) is 0 Å². The minimum atomic E-state index is -0.849. The average molecular weight is 581 g/mol. The number of imidazole rings is 1. The van der Waals surface area contributed by atoms with Crippen LogP contribution in [-0.2, 0) is 16.1 Å². The summed E-state index contributed by atoms with van der Waals surface area (Å²) >= 11 is 0. The van der Waals surface area contributed by atoms with Crippen LogP contribution in [0.25, 0.3) is 16.9 Å². The Morgan fingerprint density at radius 2 is 2.00 bits per heavy atom. The van der Waals surface area contributed by atoms with E-state index in [2.05, 4.69) is 25.7 Å². The van der Waals surface area contributed by atoms with Crippen molar-refractivity contribution in [2.24, 2.45) is 0 Å². The van der Waals surface area contributed by atoms with Gasteiger partial charge in [0.2, 0.25) is 11.8 Å². The van der Waals surface area contributed by atoms with Gasteiger partial charge in [0.05, 0.1) is 37.4 Å². The van der Waals surface area contributed by atoms with Crippen molar-refractivity contribution in [3.63, 3.8) is 0 Å². The predicted molar refractivity (Wildman–Crippen MR) is 148 cm³/mol. The molecule has 2 unspecified atom stereocenters. The van der Waals surface area contributed by atoms with Gasteiger partial charge >= 0.3 is 0 Å². The quantitative estimate of drug-likeness (QED) is 0.317.